The Morgan fingerprint density at radius 3 is 2.39 bits per heavy atom. The third-order valence-corrected chi connectivity index (χ3v) is 4.98. The molecule has 2 aromatic rings. The SMILES string of the molecule is CNc1cc(NC2CCC(NC(=O)c3ccc(F)c(Cl)c3)CC2)nc(C)n1.Cl. The monoisotopic (exact) mass is 427 g/mol. The average Bonchev–Trinajstić information content (AvgIpc) is 2.65. The number of nitrogens with one attached hydrogen (secondary N) is 3. The van der Waals surface area contributed by atoms with Gasteiger partial charge in [-0.1, -0.05) is 11.6 Å². The Morgan fingerprint density at radius 1 is 1.11 bits per heavy atom. The number of aromatic nitrogens is 2. The quantitative estimate of drug-likeness (QED) is 0.666. The van der Waals surface area contributed by atoms with E-state index in [9.17, 15) is 9.18 Å². The van der Waals surface area contributed by atoms with E-state index in [2.05, 4.69) is 25.9 Å². The zero-order chi connectivity index (χ0) is 19.4. The lowest BCUT2D eigenvalue weighted by atomic mass is 9.91. The minimum absolute atomic E-state index is 0. The molecule has 1 amide bonds. The van der Waals surface area contributed by atoms with E-state index in [1.54, 1.807) is 0 Å². The number of anilines is 2. The van der Waals surface area contributed by atoms with Crippen LogP contribution in [0.4, 0.5) is 16.0 Å². The van der Waals surface area contributed by atoms with Crippen LogP contribution in [0.3, 0.4) is 0 Å². The predicted octanol–water partition coefficient (Wildman–Crippen LogP) is 4.19. The molecule has 1 saturated carbocycles. The normalized spacial score (nSPS) is 18.7. The van der Waals surface area contributed by atoms with Crippen molar-refractivity contribution in [2.75, 3.05) is 17.7 Å². The van der Waals surface area contributed by atoms with E-state index >= 15 is 0 Å². The van der Waals surface area contributed by atoms with E-state index in [1.807, 2.05) is 20.0 Å². The Labute approximate surface area is 175 Å². The van der Waals surface area contributed by atoms with Gasteiger partial charge in [-0.2, -0.15) is 0 Å². The van der Waals surface area contributed by atoms with Crippen molar-refractivity contribution in [2.45, 2.75) is 44.7 Å². The highest BCUT2D eigenvalue weighted by molar-refractivity contribution is 6.31. The smallest absolute Gasteiger partial charge is 0.251 e. The molecule has 152 valence electrons. The molecule has 0 atom stereocenters. The van der Waals surface area contributed by atoms with Crippen molar-refractivity contribution in [3.05, 3.63) is 46.5 Å². The molecule has 0 bridgehead atoms. The topological polar surface area (TPSA) is 78.9 Å². The van der Waals surface area contributed by atoms with Crippen LogP contribution in [0.1, 0.15) is 41.9 Å². The lowest BCUT2D eigenvalue weighted by Gasteiger charge is -2.30. The zero-order valence-electron chi connectivity index (χ0n) is 15.8. The number of halogens is 3. The summed E-state index contributed by atoms with van der Waals surface area (Å²) in [6.07, 6.45) is 3.57. The van der Waals surface area contributed by atoms with Crippen molar-refractivity contribution in [3.8, 4) is 0 Å². The molecule has 1 aliphatic carbocycles. The largest absolute Gasteiger partial charge is 0.373 e. The number of hydrogen-bond donors (Lipinski definition) is 3. The summed E-state index contributed by atoms with van der Waals surface area (Å²) < 4.78 is 13.2. The number of carbonyl (C=O) groups excluding carboxylic acids is 1. The van der Waals surface area contributed by atoms with E-state index in [-0.39, 0.29) is 29.4 Å². The zero-order valence-corrected chi connectivity index (χ0v) is 17.3. The predicted molar refractivity (Wildman–Crippen MR) is 112 cm³/mol. The molecule has 1 heterocycles. The molecule has 1 aromatic carbocycles. The van der Waals surface area contributed by atoms with Gasteiger partial charge in [-0.15, -0.1) is 12.4 Å². The number of rotatable bonds is 5. The molecule has 0 unspecified atom stereocenters. The minimum atomic E-state index is -0.527. The van der Waals surface area contributed by atoms with Crippen molar-refractivity contribution < 1.29 is 9.18 Å². The van der Waals surface area contributed by atoms with E-state index in [1.165, 1.54) is 18.2 Å². The molecule has 3 rings (SSSR count). The highest BCUT2D eigenvalue weighted by Crippen LogP contribution is 2.23. The van der Waals surface area contributed by atoms with Gasteiger partial charge in [-0.25, -0.2) is 14.4 Å². The second-order valence-electron chi connectivity index (χ2n) is 6.73. The van der Waals surface area contributed by atoms with Crippen LogP contribution in [0.2, 0.25) is 5.02 Å². The van der Waals surface area contributed by atoms with E-state index < -0.39 is 5.82 Å². The maximum absolute atomic E-state index is 13.2. The summed E-state index contributed by atoms with van der Waals surface area (Å²) in [6.45, 7) is 1.86. The van der Waals surface area contributed by atoms with Crippen molar-refractivity contribution in [3.63, 3.8) is 0 Å². The average molecular weight is 428 g/mol. The third-order valence-electron chi connectivity index (χ3n) is 4.69. The number of amides is 1. The Morgan fingerprint density at radius 2 is 1.75 bits per heavy atom. The Kier molecular flexibility index (Phi) is 7.83. The standard InChI is InChI=1S/C19H23ClFN5O.ClH/c1-11-23-17(22-2)10-18(24-11)25-13-4-6-14(7-5-13)26-19(27)12-3-8-16(21)15(20)9-12;/h3,8-10,13-14H,4-7H2,1-2H3,(H,26,27)(H2,22,23,24,25);1H. The van der Waals surface area contributed by atoms with E-state index in [4.69, 9.17) is 11.6 Å². The fraction of sp³-hybridized carbons (Fsp3) is 0.421. The molecular formula is C19H24Cl2FN5O. The van der Waals surface area contributed by atoms with Gasteiger partial charge in [-0.05, 0) is 50.8 Å². The molecule has 0 spiro atoms. The molecule has 6 nitrogen and oxygen atoms in total. The van der Waals surface area contributed by atoms with Crippen molar-refractivity contribution in [1.29, 1.82) is 0 Å². The molecule has 0 radical (unpaired) electrons. The first kappa shape index (κ1) is 22.2. The maximum atomic E-state index is 13.2. The maximum Gasteiger partial charge on any atom is 0.251 e. The van der Waals surface area contributed by atoms with Gasteiger partial charge in [0.15, 0.2) is 0 Å². The summed E-state index contributed by atoms with van der Waals surface area (Å²) in [7, 11) is 1.83. The van der Waals surface area contributed by atoms with Gasteiger partial charge in [0.25, 0.3) is 5.91 Å². The number of carbonyl (C=O) groups is 1. The fourth-order valence-corrected chi connectivity index (χ4v) is 3.45. The number of hydrogen-bond acceptors (Lipinski definition) is 5. The van der Waals surface area contributed by atoms with Crippen LogP contribution in [0, 0.1) is 12.7 Å². The van der Waals surface area contributed by atoms with Crippen LogP contribution >= 0.6 is 24.0 Å². The van der Waals surface area contributed by atoms with Crippen LogP contribution in [0.5, 0.6) is 0 Å². The lowest BCUT2D eigenvalue weighted by Crippen LogP contribution is -2.40. The first-order valence-electron chi connectivity index (χ1n) is 9.00. The van der Waals surface area contributed by atoms with Gasteiger partial charge >= 0.3 is 0 Å². The van der Waals surface area contributed by atoms with Gasteiger partial charge in [0.1, 0.15) is 23.3 Å². The van der Waals surface area contributed by atoms with Crippen LogP contribution in [0.25, 0.3) is 0 Å². The van der Waals surface area contributed by atoms with Crippen molar-refractivity contribution >= 4 is 41.6 Å². The summed E-state index contributed by atoms with van der Waals surface area (Å²) in [6, 6.07) is 6.30. The van der Waals surface area contributed by atoms with Gasteiger partial charge in [0.2, 0.25) is 0 Å². The van der Waals surface area contributed by atoms with Gasteiger partial charge in [0.05, 0.1) is 5.02 Å². The molecule has 1 aliphatic rings. The Balaban J connectivity index is 0.00000280. The fourth-order valence-electron chi connectivity index (χ4n) is 3.27. The third kappa shape index (κ3) is 5.69. The summed E-state index contributed by atoms with van der Waals surface area (Å²) in [5.74, 6) is 1.55. The highest BCUT2D eigenvalue weighted by Gasteiger charge is 2.23. The number of nitrogens with zero attached hydrogens (tertiary/aromatic N) is 2. The van der Waals surface area contributed by atoms with Gasteiger partial charge in [-0.3, -0.25) is 4.79 Å². The molecule has 1 fully saturated rings. The first-order chi connectivity index (χ1) is 12.9. The van der Waals surface area contributed by atoms with Gasteiger partial charge < -0.3 is 16.0 Å². The van der Waals surface area contributed by atoms with Crippen LogP contribution in [-0.2, 0) is 0 Å². The van der Waals surface area contributed by atoms with Gasteiger partial charge in [0, 0.05) is 30.8 Å². The molecule has 0 saturated heterocycles. The number of benzene rings is 1. The second kappa shape index (κ2) is 9.89. The minimum Gasteiger partial charge on any atom is -0.373 e. The highest BCUT2D eigenvalue weighted by atomic mass is 35.5. The molecule has 1 aromatic heterocycles. The van der Waals surface area contributed by atoms with Crippen molar-refractivity contribution in [1.82, 2.24) is 15.3 Å². The van der Waals surface area contributed by atoms with E-state index in [0.29, 0.717) is 17.4 Å². The summed E-state index contributed by atoms with van der Waals surface area (Å²) in [4.78, 5) is 21.0. The van der Waals surface area contributed by atoms with Crippen LogP contribution in [0.15, 0.2) is 24.3 Å². The Bertz CT molecular complexity index is 828. The first-order valence-corrected chi connectivity index (χ1v) is 9.38. The molecule has 9 heteroatoms. The molecule has 28 heavy (non-hydrogen) atoms. The second-order valence-corrected chi connectivity index (χ2v) is 7.14. The number of aryl methyl sites for hydroxylation is 1. The summed E-state index contributed by atoms with van der Waals surface area (Å²) >= 11 is 5.75. The summed E-state index contributed by atoms with van der Waals surface area (Å²) in [5, 5.41) is 9.44. The molecule has 3 N–H and O–H groups in total. The van der Waals surface area contributed by atoms with Crippen LogP contribution in [-0.4, -0.2) is 35.0 Å². The van der Waals surface area contributed by atoms with Crippen LogP contribution < -0.4 is 16.0 Å². The van der Waals surface area contributed by atoms with Crippen molar-refractivity contribution in [2.24, 2.45) is 0 Å². The summed E-state index contributed by atoms with van der Waals surface area (Å²) in [5.41, 5.74) is 0.373. The van der Waals surface area contributed by atoms with E-state index in [0.717, 1.165) is 37.3 Å². The Hall–Kier alpha value is -2.12. The molecular weight excluding hydrogens is 404 g/mol. The molecule has 0 aliphatic heterocycles. The lowest BCUT2D eigenvalue weighted by molar-refractivity contribution is 0.0926.